The average Bonchev–Trinajstić information content (AvgIpc) is 2.46. The number of nitrogens with zero attached hydrogens (tertiary/aromatic N) is 2. The largest absolute Gasteiger partial charge is 0.482 e. The van der Waals surface area contributed by atoms with Crippen molar-refractivity contribution in [1.29, 1.82) is 5.41 Å². The third-order valence-electron chi connectivity index (χ3n) is 2.65. The van der Waals surface area contributed by atoms with Crippen LogP contribution in [-0.2, 0) is 6.61 Å². The molecule has 0 aliphatic heterocycles. The fourth-order valence-corrected chi connectivity index (χ4v) is 1.87. The van der Waals surface area contributed by atoms with Gasteiger partial charge < -0.3 is 10.5 Å². The number of hydrogen-bond acceptors (Lipinski definition) is 5. The van der Waals surface area contributed by atoms with Crippen molar-refractivity contribution in [2.24, 2.45) is 5.73 Å². The lowest BCUT2D eigenvalue weighted by molar-refractivity contribution is -0.385. The fourth-order valence-electron chi connectivity index (χ4n) is 1.71. The Bertz CT molecular complexity index is 706. The molecule has 0 aliphatic carbocycles. The summed E-state index contributed by atoms with van der Waals surface area (Å²) in [5.41, 5.74) is 6.05. The van der Waals surface area contributed by atoms with Gasteiger partial charge >= 0.3 is 5.69 Å². The van der Waals surface area contributed by atoms with E-state index >= 15 is 0 Å². The number of nitro benzene ring substituents is 1. The van der Waals surface area contributed by atoms with Gasteiger partial charge in [-0.3, -0.25) is 20.5 Å². The second kappa shape index (κ2) is 6.19. The predicted molar refractivity (Wildman–Crippen MR) is 77.7 cm³/mol. The van der Waals surface area contributed by atoms with Crippen LogP contribution in [0.5, 0.6) is 5.75 Å². The summed E-state index contributed by atoms with van der Waals surface area (Å²) in [6.45, 7) is 0.00518. The van der Waals surface area contributed by atoms with Crippen LogP contribution in [-0.4, -0.2) is 15.7 Å². The number of nitrogens with two attached hydrogens (primary N) is 1. The average molecular weight is 307 g/mol. The number of pyridine rings is 1. The lowest BCUT2D eigenvalue weighted by atomic mass is 10.2. The number of halogens is 1. The number of benzene rings is 1. The van der Waals surface area contributed by atoms with E-state index in [-0.39, 0.29) is 34.6 Å². The van der Waals surface area contributed by atoms with Gasteiger partial charge in [0.15, 0.2) is 5.75 Å². The van der Waals surface area contributed by atoms with Gasteiger partial charge in [0.1, 0.15) is 18.1 Å². The van der Waals surface area contributed by atoms with Crippen LogP contribution in [0.3, 0.4) is 0 Å². The van der Waals surface area contributed by atoms with E-state index in [4.69, 9.17) is 27.5 Å². The summed E-state index contributed by atoms with van der Waals surface area (Å²) in [6.07, 6.45) is 1.50. The molecule has 7 nitrogen and oxygen atoms in total. The van der Waals surface area contributed by atoms with Crippen molar-refractivity contribution in [3.05, 3.63) is 62.9 Å². The molecule has 0 saturated heterocycles. The van der Waals surface area contributed by atoms with Gasteiger partial charge in [-0.15, -0.1) is 0 Å². The zero-order valence-electron chi connectivity index (χ0n) is 10.7. The van der Waals surface area contributed by atoms with E-state index in [9.17, 15) is 10.1 Å². The number of rotatable bonds is 5. The predicted octanol–water partition coefficient (Wildman–Crippen LogP) is 2.51. The van der Waals surface area contributed by atoms with Crippen molar-refractivity contribution in [3.63, 3.8) is 0 Å². The molecule has 0 bridgehead atoms. The van der Waals surface area contributed by atoms with E-state index in [1.165, 1.54) is 24.4 Å². The molecule has 0 unspecified atom stereocenters. The first-order valence-electron chi connectivity index (χ1n) is 5.84. The Balaban J connectivity index is 2.25. The fraction of sp³-hybridized carbons (Fsp3) is 0.0769. The normalized spacial score (nSPS) is 10.1. The van der Waals surface area contributed by atoms with Crippen molar-refractivity contribution in [3.8, 4) is 5.75 Å². The number of nitro groups is 1. The summed E-state index contributed by atoms with van der Waals surface area (Å²) in [7, 11) is 0. The first kappa shape index (κ1) is 14.7. The second-order valence-corrected chi connectivity index (χ2v) is 4.52. The van der Waals surface area contributed by atoms with E-state index in [0.29, 0.717) is 5.56 Å². The molecular weight excluding hydrogens is 296 g/mol. The number of aromatic nitrogens is 1. The van der Waals surface area contributed by atoms with Crippen molar-refractivity contribution >= 4 is 23.1 Å². The smallest absolute Gasteiger partial charge is 0.312 e. The van der Waals surface area contributed by atoms with Crippen molar-refractivity contribution in [2.45, 2.75) is 6.61 Å². The quantitative estimate of drug-likeness (QED) is 0.381. The molecule has 21 heavy (non-hydrogen) atoms. The summed E-state index contributed by atoms with van der Waals surface area (Å²) in [6, 6.07) is 7.49. The minimum Gasteiger partial charge on any atom is -0.482 e. The van der Waals surface area contributed by atoms with Crippen molar-refractivity contribution in [2.75, 3.05) is 0 Å². The third-order valence-corrected chi connectivity index (χ3v) is 2.88. The van der Waals surface area contributed by atoms with Crippen LogP contribution < -0.4 is 10.5 Å². The summed E-state index contributed by atoms with van der Waals surface area (Å²) in [4.78, 5) is 14.4. The van der Waals surface area contributed by atoms with Crippen LogP contribution >= 0.6 is 11.6 Å². The van der Waals surface area contributed by atoms with E-state index in [0.717, 1.165) is 0 Å². The zero-order chi connectivity index (χ0) is 15.4. The lowest BCUT2D eigenvalue weighted by Gasteiger charge is -2.09. The molecule has 2 rings (SSSR count). The van der Waals surface area contributed by atoms with E-state index in [1.807, 2.05) is 0 Å². The van der Waals surface area contributed by atoms with Crippen LogP contribution in [0.2, 0.25) is 5.02 Å². The Morgan fingerprint density at radius 2 is 2.24 bits per heavy atom. The molecule has 0 atom stereocenters. The molecule has 0 fully saturated rings. The first-order chi connectivity index (χ1) is 9.99. The highest BCUT2D eigenvalue weighted by atomic mass is 35.5. The minimum atomic E-state index is -0.573. The number of amidine groups is 1. The lowest BCUT2D eigenvalue weighted by Crippen LogP contribution is -2.16. The molecular formula is C13H11ClN4O3. The zero-order valence-corrected chi connectivity index (χ0v) is 11.5. The molecule has 0 spiro atoms. The van der Waals surface area contributed by atoms with Crippen molar-refractivity contribution in [1.82, 2.24) is 4.98 Å². The highest BCUT2D eigenvalue weighted by Gasteiger charge is 2.16. The van der Waals surface area contributed by atoms with Gasteiger partial charge in [0, 0.05) is 22.8 Å². The third kappa shape index (κ3) is 3.46. The SMILES string of the molecule is N=C(N)c1ncccc1COc1ccc(Cl)cc1[N+](=O)[O-]. The van der Waals surface area contributed by atoms with Gasteiger partial charge in [-0.2, -0.15) is 0 Å². The highest BCUT2D eigenvalue weighted by molar-refractivity contribution is 6.30. The molecule has 1 aromatic heterocycles. The highest BCUT2D eigenvalue weighted by Crippen LogP contribution is 2.30. The summed E-state index contributed by atoms with van der Waals surface area (Å²) in [5, 5.41) is 18.6. The molecule has 0 aliphatic rings. The Morgan fingerprint density at radius 3 is 2.90 bits per heavy atom. The molecule has 2 aromatic rings. The molecule has 1 aromatic carbocycles. The number of hydrogen-bond donors (Lipinski definition) is 2. The second-order valence-electron chi connectivity index (χ2n) is 4.08. The van der Waals surface area contributed by atoms with Gasteiger partial charge in [-0.05, 0) is 18.2 Å². The first-order valence-corrected chi connectivity index (χ1v) is 6.22. The van der Waals surface area contributed by atoms with Crippen LogP contribution in [0.15, 0.2) is 36.5 Å². The Morgan fingerprint density at radius 1 is 1.48 bits per heavy atom. The molecule has 1 heterocycles. The minimum absolute atomic E-state index is 0.00518. The van der Waals surface area contributed by atoms with Crippen molar-refractivity contribution < 1.29 is 9.66 Å². The van der Waals surface area contributed by atoms with Crippen LogP contribution in [0, 0.1) is 15.5 Å². The Hall–Kier alpha value is -2.67. The molecule has 3 N–H and O–H groups in total. The molecule has 108 valence electrons. The Kier molecular flexibility index (Phi) is 4.34. The molecule has 0 amide bonds. The van der Waals surface area contributed by atoms with E-state index in [2.05, 4.69) is 4.98 Å². The maximum absolute atomic E-state index is 11.0. The molecule has 0 radical (unpaired) electrons. The maximum Gasteiger partial charge on any atom is 0.312 e. The van der Waals surface area contributed by atoms with Gasteiger partial charge in [-0.25, -0.2) is 0 Å². The molecule has 8 heteroatoms. The maximum atomic E-state index is 11.0. The van der Waals surface area contributed by atoms with Crippen LogP contribution in [0.1, 0.15) is 11.3 Å². The monoisotopic (exact) mass is 306 g/mol. The topological polar surface area (TPSA) is 115 Å². The van der Waals surface area contributed by atoms with E-state index < -0.39 is 4.92 Å². The van der Waals surface area contributed by atoms with Gasteiger partial charge in [0.05, 0.1) is 4.92 Å². The van der Waals surface area contributed by atoms with Gasteiger partial charge in [-0.1, -0.05) is 17.7 Å². The summed E-state index contributed by atoms with van der Waals surface area (Å²) in [5.74, 6) is -0.109. The number of nitrogens with one attached hydrogen (secondary N) is 1. The molecule has 0 saturated carbocycles. The van der Waals surface area contributed by atoms with Gasteiger partial charge in [0.25, 0.3) is 0 Å². The van der Waals surface area contributed by atoms with Crippen LogP contribution in [0.4, 0.5) is 5.69 Å². The van der Waals surface area contributed by atoms with Crippen LogP contribution in [0.25, 0.3) is 0 Å². The standard InChI is InChI=1S/C13H11ClN4O3/c14-9-3-4-11(10(6-9)18(19)20)21-7-8-2-1-5-17-12(8)13(15)16/h1-6H,7H2,(H3,15,16). The summed E-state index contributed by atoms with van der Waals surface area (Å²) >= 11 is 5.73. The van der Waals surface area contributed by atoms with E-state index in [1.54, 1.807) is 12.1 Å². The number of ether oxygens (including phenoxy) is 1. The Labute approximate surface area is 125 Å². The van der Waals surface area contributed by atoms with Gasteiger partial charge in [0.2, 0.25) is 0 Å². The number of nitrogen functional groups attached to an aromatic ring is 1. The summed E-state index contributed by atoms with van der Waals surface area (Å²) < 4.78 is 5.44.